The lowest BCUT2D eigenvalue weighted by Gasteiger charge is -2.41. The van der Waals surface area contributed by atoms with Crippen LogP contribution in [0, 0.1) is 5.92 Å². The predicted octanol–water partition coefficient (Wildman–Crippen LogP) is 0.977. The van der Waals surface area contributed by atoms with Crippen LogP contribution in [-0.4, -0.2) is 46.2 Å². The molecule has 0 heterocycles. The van der Waals surface area contributed by atoms with Crippen molar-refractivity contribution in [3.05, 3.63) is 0 Å². The second kappa shape index (κ2) is 7.53. The van der Waals surface area contributed by atoms with E-state index < -0.39 is 36.2 Å². The Morgan fingerprint density at radius 3 is 2.17 bits per heavy atom. The highest BCUT2D eigenvalue weighted by Gasteiger charge is 2.47. The molecule has 0 aromatic rings. The van der Waals surface area contributed by atoms with Gasteiger partial charge < -0.3 is 25.4 Å². The summed E-state index contributed by atoms with van der Waals surface area (Å²) >= 11 is 0. The minimum absolute atomic E-state index is 0.193. The van der Waals surface area contributed by atoms with Gasteiger partial charge in [-0.15, -0.1) is 0 Å². The molecule has 0 bridgehead atoms. The first kappa shape index (κ1) is 19.8. The SMILES string of the molecule is CC(C)C[C@H](NC(=O)C1(NC(=O)OC(C)(C)C)CCC1)B(O)O. The Bertz CT molecular complexity index is 430. The first-order valence-electron chi connectivity index (χ1n) is 8.13. The zero-order valence-corrected chi connectivity index (χ0v) is 14.7. The Balaban J connectivity index is 2.71. The van der Waals surface area contributed by atoms with Crippen molar-refractivity contribution < 1.29 is 24.4 Å². The molecule has 23 heavy (non-hydrogen) atoms. The van der Waals surface area contributed by atoms with Gasteiger partial charge in [0, 0.05) is 0 Å². The Kier molecular flexibility index (Phi) is 6.47. The van der Waals surface area contributed by atoms with Crippen molar-refractivity contribution in [3.8, 4) is 0 Å². The average molecular weight is 328 g/mol. The third-order valence-electron chi connectivity index (χ3n) is 3.78. The maximum Gasteiger partial charge on any atom is 0.475 e. The van der Waals surface area contributed by atoms with Crippen LogP contribution in [0.4, 0.5) is 4.79 Å². The average Bonchev–Trinajstić information content (AvgIpc) is 2.29. The summed E-state index contributed by atoms with van der Waals surface area (Å²) < 4.78 is 5.21. The zero-order chi connectivity index (χ0) is 17.8. The molecule has 2 amide bonds. The molecule has 132 valence electrons. The fourth-order valence-electron chi connectivity index (χ4n) is 2.51. The molecule has 0 radical (unpaired) electrons. The summed E-state index contributed by atoms with van der Waals surface area (Å²) in [7, 11) is -1.64. The smallest absolute Gasteiger partial charge is 0.444 e. The number of nitrogens with one attached hydrogen (secondary N) is 2. The van der Waals surface area contributed by atoms with E-state index in [1.54, 1.807) is 20.8 Å². The topological polar surface area (TPSA) is 108 Å². The summed E-state index contributed by atoms with van der Waals surface area (Å²) in [6.07, 6.45) is 1.63. The molecule has 1 atom stereocenters. The van der Waals surface area contributed by atoms with Crippen molar-refractivity contribution in [2.75, 3.05) is 0 Å². The number of hydrogen-bond donors (Lipinski definition) is 4. The van der Waals surface area contributed by atoms with Crippen LogP contribution in [0.3, 0.4) is 0 Å². The lowest BCUT2D eigenvalue weighted by molar-refractivity contribution is -0.131. The van der Waals surface area contributed by atoms with Gasteiger partial charge in [0.05, 0.1) is 5.94 Å². The van der Waals surface area contributed by atoms with Gasteiger partial charge in [0.15, 0.2) is 0 Å². The minimum atomic E-state index is -1.64. The molecule has 0 spiro atoms. The standard InChI is InChI=1S/C15H29BN2O5/c1-10(2)9-11(16(21)22)17-12(19)15(7-6-8-15)18-13(20)23-14(3,4)5/h10-11,21-22H,6-9H2,1-5H3,(H,17,19)(H,18,20)/t11-/m0/s1. The van der Waals surface area contributed by atoms with Crippen molar-refractivity contribution in [2.45, 2.75) is 77.4 Å². The summed E-state index contributed by atoms with van der Waals surface area (Å²) in [6, 6.07) is 0. The quantitative estimate of drug-likeness (QED) is 0.544. The Morgan fingerprint density at radius 2 is 1.83 bits per heavy atom. The molecule has 1 aliphatic rings. The Labute approximate surface area is 138 Å². The molecule has 1 saturated carbocycles. The van der Waals surface area contributed by atoms with Gasteiger partial charge in [0.1, 0.15) is 11.1 Å². The normalized spacial score (nSPS) is 17.9. The fraction of sp³-hybridized carbons (Fsp3) is 0.867. The van der Waals surface area contributed by atoms with E-state index in [9.17, 15) is 19.6 Å². The highest BCUT2D eigenvalue weighted by Crippen LogP contribution is 2.32. The van der Waals surface area contributed by atoms with Gasteiger partial charge in [-0.3, -0.25) is 4.79 Å². The summed E-state index contributed by atoms with van der Waals surface area (Å²) in [5, 5.41) is 24.2. The molecule has 4 N–H and O–H groups in total. The van der Waals surface area contributed by atoms with Crippen LogP contribution >= 0.6 is 0 Å². The van der Waals surface area contributed by atoms with Gasteiger partial charge in [-0.1, -0.05) is 13.8 Å². The maximum absolute atomic E-state index is 12.5. The number of carbonyl (C=O) groups is 2. The van der Waals surface area contributed by atoms with Gasteiger partial charge in [0.2, 0.25) is 5.91 Å². The van der Waals surface area contributed by atoms with Gasteiger partial charge in [-0.05, 0) is 52.4 Å². The van der Waals surface area contributed by atoms with Crippen LogP contribution in [0.5, 0.6) is 0 Å². The van der Waals surface area contributed by atoms with E-state index in [1.807, 2.05) is 13.8 Å². The predicted molar refractivity (Wildman–Crippen MR) is 87.5 cm³/mol. The first-order valence-corrected chi connectivity index (χ1v) is 8.13. The second-order valence-electron chi connectivity index (χ2n) is 7.69. The van der Waals surface area contributed by atoms with E-state index >= 15 is 0 Å². The lowest BCUT2D eigenvalue weighted by atomic mass is 9.72. The largest absolute Gasteiger partial charge is 0.475 e. The third-order valence-corrected chi connectivity index (χ3v) is 3.78. The number of rotatable bonds is 6. The molecule has 8 heteroatoms. The van der Waals surface area contributed by atoms with Crippen molar-refractivity contribution in [1.29, 1.82) is 0 Å². The van der Waals surface area contributed by atoms with Crippen LogP contribution in [0.25, 0.3) is 0 Å². The number of hydrogen-bond acceptors (Lipinski definition) is 5. The van der Waals surface area contributed by atoms with E-state index in [1.165, 1.54) is 0 Å². The van der Waals surface area contributed by atoms with E-state index in [2.05, 4.69) is 10.6 Å². The van der Waals surface area contributed by atoms with Gasteiger partial charge >= 0.3 is 13.2 Å². The zero-order valence-electron chi connectivity index (χ0n) is 14.7. The second-order valence-corrected chi connectivity index (χ2v) is 7.69. The van der Waals surface area contributed by atoms with Crippen molar-refractivity contribution in [1.82, 2.24) is 10.6 Å². The number of ether oxygens (including phenoxy) is 1. The maximum atomic E-state index is 12.5. The summed E-state index contributed by atoms with van der Waals surface area (Å²) in [5.74, 6) is -0.966. The molecule has 0 aromatic carbocycles. The summed E-state index contributed by atoms with van der Waals surface area (Å²) in [4.78, 5) is 24.5. The monoisotopic (exact) mass is 328 g/mol. The van der Waals surface area contributed by atoms with E-state index in [0.717, 1.165) is 6.42 Å². The summed E-state index contributed by atoms with van der Waals surface area (Å²) in [5.41, 5.74) is -1.67. The van der Waals surface area contributed by atoms with Gasteiger partial charge in [-0.25, -0.2) is 4.79 Å². The number of carbonyl (C=O) groups excluding carboxylic acids is 2. The van der Waals surface area contributed by atoms with E-state index in [4.69, 9.17) is 4.74 Å². The van der Waals surface area contributed by atoms with E-state index in [-0.39, 0.29) is 5.92 Å². The molecule has 7 nitrogen and oxygen atoms in total. The third kappa shape index (κ3) is 6.03. The molecule has 0 saturated heterocycles. The first-order chi connectivity index (χ1) is 10.4. The molecule has 0 aliphatic heterocycles. The highest BCUT2D eigenvalue weighted by atomic mass is 16.6. The number of amides is 2. The Hall–Kier alpha value is -1.28. The fourth-order valence-corrected chi connectivity index (χ4v) is 2.51. The minimum Gasteiger partial charge on any atom is -0.444 e. The molecule has 1 rings (SSSR count). The van der Waals surface area contributed by atoms with Crippen LogP contribution in [0.2, 0.25) is 0 Å². The molecule has 1 fully saturated rings. The molecular formula is C15H29BN2O5. The van der Waals surface area contributed by atoms with Crippen molar-refractivity contribution in [3.63, 3.8) is 0 Å². The van der Waals surface area contributed by atoms with Crippen LogP contribution in [0.1, 0.15) is 60.3 Å². The van der Waals surface area contributed by atoms with Crippen molar-refractivity contribution >= 4 is 19.1 Å². The van der Waals surface area contributed by atoms with E-state index in [0.29, 0.717) is 19.3 Å². The van der Waals surface area contributed by atoms with Gasteiger partial charge in [0.25, 0.3) is 0 Å². The van der Waals surface area contributed by atoms with Gasteiger partial charge in [-0.2, -0.15) is 0 Å². The molecule has 1 aliphatic carbocycles. The Morgan fingerprint density at radius 1 is 1.26 bits per heavy atom. The number of alkyl carbamates (subject to hydrolysis) is 1. The van der Waals surface area contributed by atoms with Crippen LogP contribution in [0.15, 0.2) is 0 Å². The van der Waals surface area contributed by atoms with Crippen LogP contribution < -0.4 is 10.6 Å². The van der Waals surface area contributed by atoms with Crippen LogP contribution in [-0.2, 0) is 9.53 Å². The molecular weight excluding hydrogens is 299 g/mol. The molecule has 0 aromatic heterocycles. The highest BCUT2D eigenvalue weighted by molar-refractivity contribution is 6.43. The van der Waals surface area contributed by atoms with Crippen molar-refractivity contribution in [2.24, 2.45) is 5.92 Å². The summed E-state index contributed by atoms with van der Waals surface area (Å²) in [6.45, 7) is 9.11. The molecule has 0 unspecified atom stereocenters. The lowest BCUT2D eigenvalue weighted by Crippen LogP contribution is -2.65.